The number of hydrogen-bond acceptors (Lipinski definition) is 5. The van der Waals surface area contributed by atoms with Gasteiger partial charge in [-0.05, 0) is 34.4 Å². The van der Waals surface area contributed by atoms with Crippen LogP contribution < -0.4 is 5.32 Å². The molecule has 1 aliphatic carbocycles. The molecule has 0 aliphatic heterocycles. The van der Waals surface area contributed by atoms with Crippen molar-refractivity contribution in [1.82, 2.24) is 9.88 Å². The van der Waals surface area contributed by atoms with Crippen LogP contribution in [0.4, 0.5) is 10.6 Å². The molecule has 2 aromatic carbocycles. The molecule has 2 amide bonds. The summed E-state index contributed by atoms with van der Waals surface area (Å²) >= 11 is 0. The number of pyridine rings is 1. The van der Waals surface area contributed by atoms with Gasteiger partial charge < -0.3 is 14.7 Å². The fourth-order valence-corrected chi connectivity index (χ4v) is 3.92. The molecule has 0 spiro atoms. The van der Waals surface area contributed by atoms with Gasteiger partial charge in [0.25, 0.3) is 5.91 Å². The number of carbonyl (C=O) groups is 3. The van der Waals surface area contributed by atoms with Crippen LogP contribution in [0.5, 0.6) is 0 Å². The number of carboxylic acids is 1. The van der Waals surface area contributed by atoms with Gasteiger partial charge in [0.05, 0.1) is 6.42 Å². The molecule has 0 fully saturated rings. The van der Waals surface area contributed by atoms with Gasteiger partial charge in [-0.15, -0.1) is 0 Å². The lowest BCUT2D eigenvalue weighted by atomic mass is 9.98. The molecule has 33 heavy (non-hydrogen) atoms. The third-order valence-corrected chi connectivity index (χ3v) is 5.55. The Bertz CT molecular complexity index is 1160. The van der Waals surface area contributed by atoms with Crippen molar-refractivity contribution in [2.75, 3.05) is 25.5 Å². The molecule has 0 saturated heterocycles. The first kappa shape index (κ1) is 22.0. The second-order valence-electron chi connectivity index (χ2n) is 7.73. The second kappa shape index (κ2) is 9.52. The third-order valence-electron chi connectivity index (χ3n) is 5.55. The van der Waals surface area contributed by atoms with E-state index in [0.717, 1.165) is 22.3 Å². The number of anilines is 1. The highest BCUT2D eigenvalue weighted by atomic mass is 16.5. The topological polar surface area (TPSA) is 109 Å². The summed E-state index contributed by atoms with van der Waals surface area (Å²) in [6.45, 7) is 0.219. The van der Waals surface area contributed by atoms with Crippen LogP contribution in [-0.2, 0) is 9.53 Å². The zero-order chi connectivity index (χ0) is 23.4. The van der Waals surface area contributed by atoms with E-state index in [4.69, 9.17) is 9.84 Å². The minimum atomic E-state index is -0.992. The monoisotopic (exact) mass is 445 g/mol. The maximum atomic E-state index is 12.5. The molecule has 1 aromatic heterocycles. The van der Waals surface area contributed by atoms with Crippen molar-refractivity contribution in [1.29, 1.82) is 0 Å². The van der Waals surface area contributed by atoms with Gasteiger partial charge in [-0.2, -0.15) is 0 Å². The van der Waals surface area contributed by atoms with Crippen LogP contribution >= 0.6 is 0 Å². The highest BCUT2D eigenvalue weighted by Gasteiger charge is 2.29. The molecule has 0 unspecified atom stereocenters. The zero-order valence-electron chi connectivity index (χ0n) is 18.0. The van der Waals surface area contributed by atoms with Crippen molar-refractivity contribution < 1.29 is 24.2 Å². The van der Waals surface area contributed by atoms with E-state index >= 15 is 0 Å². The highest BCUT2D eigenvalue weighted by Crippen LogP contribution is 2.44. The molecule has 4 rings (SSSR count). The van der Waals surface area contributed by atoms with Crippen molar-refractivity contribution in [2.45, 2.75) is 12.3 Å². The summed E-state index contributed by atoms with van der Waals surface area (Å²) in [4.78, 5) is 41.1. The number of aromatic nitrogens is 1. The van der Waals surface area contributed by atoms with Crippen LogP contribution in [0.25, 0.3) is 11.1 Å². The number of aliphatic carboxylic acids is 1. The summed E-state index contributed by atoms with van der Waals surface area (Å²) in [6, 6.07) is 20.8. The number of nitrogens with zero attached hydrogens (tertiary/aromatic N) is 2. The lowest BCUT2D eigenvalue weighted by Gasteiger charge is -2.16. The van der Waals surface area contributed by atoms with Gasteiger partial charge >= 0.3 is 12.1 Å². The molecule has 1 aliphatic rings. The summed E-state index contributed by atoms with van der Waals surface area (Å²) in [6.07, 6.45) is -0.840. The summed E-state index contributed by atoms with van der Waals surface area (Å²) in [5, 5.41) is 11.3. The molecular formula is C25H23N3O5. The summed E-state index contributed by atoms with van der Waals surface area (Å²) in [5.74, 6) is -1.32. The first-order valence-electron chi connectivity index (χ1n) is 10.5. The van der Waals surface area contributed by atoms with Gasteiger partial charge in [0.1, 0.15) is 18.1 Å². The van der Waals surface area contributed by atoms with Crippen LogP contribution in [0, 0.1) is 0 Å². The smallest absolute Gasteiger partial charge is 0.412 e. The van der Waals surface area contributed by atoms with Gasteiger partial charge in [-0.3, -0.25) is 14.9 Å². The van der Waals surface area contributed by atoms with Crippen molar-refractivity contribution >= 4 is 23.8 Å². The molecule has 0 bridgehead atoms. The van der Waals surface area contributed by atoms with E-state index in [1.807, 2.05) is 36.4 Å². The normalized spacial score (nSPS) is 11.9. The SMILES string of the molecule is CN(CCC(=O)O)C(=O)c1cccc(NC(=O)OCC2c3ccccc3-c3ccccc32)n1. The van der Waals surface area contributed by atoms with Crippen molar-refractivity contribution in [3.8, 4) is 11.1 Å². The largest absolute Gasteiger partial charge is 0.481 e. The van der Waals surface area contributed by atoms with Crippen molar-refractivity contribution in [3.05, 3.63) is 83.6 Å². The van der Waals surface area contributed by atoms with E-state index in [-0.39, 0.29) is 37.0 Å². The van der Waals surface area contributed by atoms with Crippen LogP contribution in [0.1, 0.15) is 34.0 Å². The number of benzene rings is 2. The van der Waals surface area contributed by atoms with Gasteiger partial charge in [0, 0.05) is 19.5 Å². The van der Waals surface area contributed by atoms with Crippen molar-refractivity contribution in [2.24, 2.45) is 0 Å². The van der Waals surface area contributed by atoms with Gasteiger partial charge in [0.15, 0.2) is 0 Å². The lowest BCUT2D eigenvalue weighted by molar-refractivity contribution is -0.137. The Kier molecular flexibility index (Phi) is 6.35. The fraction of sp³-hybridized carbons (Fsp3) is 0.200. The number of nitrogens with one attached hydrogen (secondary N) is 1. The molecule has 8 nitrogen and oxygen atoms in total. The Morgan fingerprint density at radius 2 is 1.61 bits per heavy atom. The average molecular weight is 445 g/mol. The molecule has 0 atom stereocenters. The van der Waals surface area contributed by atoms with Crippen LogP contribution in [0.15, 0.2) is 66.7 Å². The molecule has 0 saturated carbocycles. The summed E-state index contributed by atoms with van der Waals surface area (Å²) in [5.41, 5.74) is 4.60. The molecule has 3 aromatic rings. The number of ether oxygens (including phenoxy) is 1. The Balaban J connectivity index is 1.40. The number of carbonyl (C=O) groups excluding carboxylic acids is 2. The molecule has 2 N–H and O–H groups in total. The minimum Gasteiger partial charge on any atom is -0.481 e. The van der Waals surface area contributed by atoms with E-state index in [1.165, 1.54) is 18.0 Å². The van der Waals surface area contributed by atoms with Gasteiger partial charge in [-0.25, -0.2) is 9.78 Å². The third kappa shape index (κ3) is 4.85. The van der Waals surface area contributed by atoms with Gasteiger partial charge in [0.2, 0.25) is 0 Å². The number of amides is 2. The Labute approximate surface area is 190 Å². The summed E-state index contributed by atoms with van der Waals surface area (Å²) < 4.78 is 5.51. The quantitative estimate of drug-likeness (QED) is 0.569. The number of rotatable bonds is 7. The molecule has 8 heteroatoms. The highest BCUT2D eigenvalue weighted by molar-refractivity contribution is 5.93. The first-order chi connectivity index (χ1) is 15.9. The van der Waals surface area contributed by atoms with E-state index < -0.39 is 18.0 Å². The van der Waals surface area contributed by atoms with Crippen LogP contribution in [-0.4, -0.2) is 53.2 Å². The minimum absolute atomic E-state index is 0.0554. The Hall–Kier alpha value is -4.20. The average Bonchev–Trinajstić information content (AvgIpc) is 3.14. The fourth-order valence-electron chi connectivity index (χ4n) is 3.92. The maximum absolute atomic E-state index is 12.5. The summed E-state index contributed by atoms with van der Waals surface area (Å²) in [7, 11) is 1.50. The number of carboxylic acid groups (broad SMARTS) is 1. The predicted molar refractivity (Wildman–Crippen MR) is 122 cm³/mol. The standard InChI is InChI=1S/C25H23N3O5/c1-28(14-13-23(29)30)24(31)21-11-6-12-22(26-21)27-25(32)33-15-20-18-9-4-2-7-16(18)17-8-3-5-10-19(17)20/h2-12,20H,13-15H2,1H3,(H,29,30)(H,26,27,32). The second-order valence-corrected chi connectivity index (χ2v) is 7.73. The van der Waals surface area contributed by atoms with Gasteiger partial charge in [-0.1, -0.05) is 54.6 Å². The maximum Gasteiger partial charge on any atom is 0.412 e. The van der Waals surface area contributed by atoms with E-state index in [9.17, 15) is 14.4 Å². The van der Waals surface area contributed by atoms with E-state index in [1.54, 1.807) is 12.1 Å². The van der Waals surface area contributed by atoms with Crippen LogP contribution in [0.3, 0.4) is 0 Å². The Morgan fingerprint density at radius 1 is 0.970 bits per heavy atom. The van der Waals surface area contributed by atoms with E-state index in [2.05, 4.69) is 22.4 Å². The van der Waals surface area contributed by atoms with E-state index in [0.29, 0.717) is 0 Å². The molecule has 168 valence electrons. The molecule has 1 heterocycles. The zero-order valence-corrected chi connectivity index (χ0v) is 18.0. The molecule has 0 radical (unpaired) electrons. The van der Waals surface area contributed by atoms with Crippen molar-refractivity contribution in [3.63, 3.8) is 0 Å². The first-order valence-corrected chi connectivity index (χ1v) is 10.5. The number of fused-ring (bicyclic) bond motifs is 3. The molecular weight excluding hydrogens is 422 g/mol. The number of hydrogen-bond donors (Lipinski definition) is 2. The predicted octanol–water partition coefficient (Wildman–Crippen LogP) is 3.99. The Morgan fingerprint density at radius 3 is 2.24 bits per heavy atom. The van der Waals surface area contributed by atoms with Crippen LogP contribution in [0.2, 0.25) is 0 Å². The lowest BCUT2D eigenvalue weighted by Crippen LogP contribution is -2.30.